The first-order valence-corrected chi connectivity index (χ1v) is 7.94. The van der Waals surface area contributed by atoms with Crippen LogP contribution in [0.1, 0.15) is 24.2 Å². The molecule has 0 spiro atoms. The highest BCUT2D eigenvalue weighted by Crippen LogP contribution is 2.31. The molecule has 0 fully saturated rings. The maximum atomic E-state index is 6.32. The van der Waals surface area contributed by atoms with Crippen LogP contribution in [0.4, 0.5) is 0 Å². The molecule has 2 rings (SSSR count). The molecule has 0 amide bonds. The summed E-state index contributed by atoms with van der Waals surface area (Å²) in [5.74, 6) is 0. The Labute approximate surface area is 137 Å². The molecule has 20 heavy (non-hydrogen) atoms. The molecule has 0 saturated carbocycles. The molecule has 1 N–H and O–H groups in total. The van der Waals surface area contributed by atoms with Crippen LogP contribution in [0.2, 0.25) is 10.0 Å². The van der Waals surface area contributed by atoms with Crippen LogP contribution >= 0.6 is 39.1 Å². The first-order valence-electron chi connectivity index (χ1n) is 6.39. The fraction of sp³-hybridized carbons (Fsp3) is 0.267. The molecule has 0 aliphatic rings. The van der Waals surface area contributed by atoms with E-state index in [1.807, 2.05) is 24.3 Å². The van der Waals surface area contributed by atoms with Crippen molar-refractivity contribution < 1.29 is 0 Å². The molecular formula is C15H15BrCl2N2. The maximum Gasteiger partial charge on any atom is 0.0640 e. The molecule has 0 bridgehead atoms. The average molecular weight is 374 g/mol. The second kappa shape index (κ2) is 7.41. The average Bonchev–Trinajstić information content (AvgIpc) is 2.44. The molecule has 0 aliphatic carbocycles. The molecule has 1 atom stereocenters. The summed E-state index contributed by atoms with van der Waals surface area (Å²) >= 11 is 15.8. The largest absolute Gasteiger partial charge is 0.310 e. The zero-order valence-electron chi connectivity index (χ0n) is 11.0. The number of hydrogen-bond donors (Lipinski definition) is 1. The molecule has 5 heteroatoms. The number of halogens is 3. The molecule has 2 aromatic rings. The Kier molecular flexibility index (Phi) is 5.85. The third-order valence-corrected chi connectivity index (χ3v) is 4.31. The Morgan fingerprint density at radius 3 is 2.70 bits per heavy atom. The van der Waals surface area contributed by atoms with Crippen LogP contribution in [0.5, 0.6) is 0 Å². The van der Waals surface area contributed by atoms with E-state index in [1.54, 1.807) is 12.3 Å². The van der Waals surface area contributed by atoms with Gasteiger partial charge in [0.25, 0.3) is 0 Å². The monoisotopic (exact) mass is 372 g/mol. The fourth-order valence-corrected chi connectivity index (χ4v) is 2.74. The van der Waals surface area contributed by atoms with Crippen molar-refractivity contribution in [3.05, 3.63) is 62.3 Å². The lowest BCUT2D eigenvalue weighted by molar-refractivity contribution is 0.544. The summed E-state index contributed by atoms with van der Waals surface area (Å²) in [5, 5.41) is 4.62. The number of rotatable bonds is 5. The van der Waals surface area contributed by atoms with E-state index in [0.29, 0.717) is 10.0 Å². The van der Waals surface area contributed by atoms with Crippen LogP contribution in [-0.4, -0.2) is 11.5 Å². The second-order valence-electron chi connectivity index (χ2n) is 4.43. The van der Waals surface area contributed by atoms with Gasteiger partial charge in [0.1, 0.15) is 0 Å². The zero-order valence-corrected chi connectivity index (χ0v) is 14.1. The third kappa shape index (κ3) is 3.95. The van der Waals surface area contributed by atoms with Crippen LogP contribution in [0, 0.1) is 0 Å². The molecule has 0 saturated heterocycles. The van der Waals surface area contributed by atoms with Gasteiger partial charge in [-0.25, -0.2) is 0 Å². The lowest BCUT2D eigenvalue weighted by Gasteiger charge is -2.20. The summed E-state index contributed by atoms with van der Waals surface area (Å²) in [4.78, 5) is 4.41. The van der Waals surface area contributed by atoms with E-state index in [4.69, 9.17) is 23.2 Å². The zero-order chi connectivity index (χ0) is 14.5. The number of nitrogens with zero attached hydrogens (tertiary/aromatic N) is 1. The molecule has 106 valence electrons. The van der Waals surface area contributed by atoms with Crippen molar-refractivity contribution in [3.63, 3.8) is 0 Å². The van der Waals surface area contributed by atoms with Gasteiger partial charge in [-0.3, -0.25) is 4.98 Å². The maximum absolute atomic E-state index is 6.32. The SMILES string of the molecule is CCNC(Cc1ccc(Br)cn1)c1cccc(Cl)c1Cl. The van der Waals surface area contributed by atoms with Gasteiger partial charge in [-0.1, -0.05) is 42.3 Å². The third-order valence-electron chi connectivity index (χ3n) is 3.01. The van der Waals surface area contributed by atoms with E-state index in [9.17, 15) is 0 Å². The Morgan fingerprint density at radius 1 is 1.25 bits per heavy atom. The lowest BCUT2D eigenvalue weighted by atomic mass is 10.0. The van der Waals surface area contributed by atoms with Crippen molar-refractivity contribution >= 4 is 39.1 Å². The summed E-state index contributed by atoms with van der Waals surface area (Å²) in [6, 6.07) is 9.81. The van der Waals surface area contributed by atoms with Crippen LogP contribution in [-0.2, 0) is 6.42 Å². The van der Waals surface area contributed by atoms with Gasteiger partial charge in [0.05, 0.1) is 10.0 Å². The van der Waals surface area contributed by atoms with Gasteiger partial charge in [0, 0.05) is 28.8 Å². The predicted molar refractivity (Wildman–Crippen MR) is 88.5 cm³/mol. The van der Waals surface area contributed by atoms with Crippen LogP contribution in [0.3, 0.4) is 0 Å². The number of likely N-dealkylation sites (N-methyl/N-ethyl adjacent to an activating group) is 1. The van der Waals surface area contributed by atoms with Gasteiger partial charge >= 0.3 is 0 Å². The van der Waals surface area contributed by atoms with Gasteiger partial charge in [0.15, 0.2) is 0 Å². The van der Waals surface area contributed by atoms with Crippen molar-refractivity contribution in [2.75, 3.05) is 6.54 Å². The summed E-state index contributed by atoms with van der Waals surface area (Å²) in [5.41, 5.74) is 2.01. The van der Waals surface area contributed by atoms with Crippen molar-refractivity contribution in [1.29, 1.82) is 0 Å². The molecule has 0 radical (unpaired) electrons. The summed E-state index contributed by atoms with van der Waals surface area (Å²) in [6.45, 7) is 2.92. The van der Waals surface area contributed by atoms with Crippen molar-refractivity contribution in [2.45, 2.75) is 19.4 Å². The molecular weight excluding hydrogens is 359 g/mol. The Hall–Kier alpha value is -0.610. The van der Waals surface area contributed by atoms with Gasteiger partial charge < -0.3 is 5.32 Å². The number of benzene rings is 1. The topological polar surface area (TPSA) is 24.9 Å². The van der Waals surface area contributed by atoms with Crippen LogP contribution < -0.4 is 5.32 Å². The summed E-state index contributed by atoms with van der Waals surface area (Å²) in [7, 11) is 0. The molecule has 2 nitrogen and oxygen atoms in total. The minimum absolute atomic E-state index is 0.0971. The first kappa shape index (κ1) is 15.8. The molecule has 1 aromatic heterocycles. The van der Waals surface area contributed by atoms with Gasteiger partial charge in [-0.2, -0.15) is 0 Å². The Bertz CT molecular complexity index is 573. The molecule has 1 aromatic carbocycles. The number of aromatic nitrogens is 1. The van der Waals surface area contributed by atoms with E-state index >= 15 is 0 Å². The predicted octanol–water partition coefficient (Wildman–Crippen LogP) is 5.04. The highest BCUT2D eigenvalue weighted by atomic mass is 79.9. The van der Waals surface area contributed by atoms with E-state index in [0.717, 1.165) is 28.7 Å². The minimum Gasteiger partial charge on any atom is -0.310 e. The van der Waals surface area contributed by atoms with Crippen LogP contribution in [0.25, 0.3) is 0 Å². The highest BCUT2D eigenvalue weighted by molar-refractivity contribution is 9.10. The Balaban J connectivity index is 2.26. The van der Waals surface area contributed by atoms with Crippen molar-refractivity contribution in [3.8, 4) is 0 Å². The highest BCUT2D eigenvalue weighted by Gasteiger charge is 2.16. The Morgan fingerprint density at radius 2 is 2.05 bits per heavy atom. The molecule has 0 aliphatic heterocycles. The fourth-order valence-electron chi connectivity index (χ4n) is 2.06. The molecule has 1 unspecified atom stereocenters. The van der Waals surface area contributed by atoms with E-state index in [2.05, 4.69) is 33.2 Å². The van der Waals surface area contributed by atoms with Gasteiger partial charge in [-0.15, -0.1) is 0 Å². The summed E-state index contributed by atoms with van der Waals surface area (Å²) < 4.78 is 0.974. The number of hydrogen-bond acceptors (Lipinski definition) is 2. The number of nitrogens with one attached hydrogen (secondary N) is 1. The summed E-state index contributed by atoms with van der Waals surface area (Å²) in [6.07, 6.45) is 2.57. The number of pyridine rings is 1. The lowest BCUT2D eigenvalue weighted by Crippen LogP contribution is -2.23. The van der Waals surface area contributed by atoms with Crippen molar-refractivity contribution in [1.82, 2.24) is 10.3 Å². The smallest absolute Gasteiger partial charge is 0.0640 e. The van der Waals surface area contributed by atoms with Gasteiger partial charge in [-0.05, 0) is 46.2 Å². The normalized spacial score (nSPS) is 12.4. The minimum atomic E-state index is 0.0971. The quantitative estimate of drug-likeness (QED) is 0.793. The van der Waals surface area contributed by atoms with E-state index in [-0.39, 0.29) is 6.04 Å². The second-order valence-corrected chi connectivity index (χ2v) is 6.13. The van der Waals surface area contributed by atoms with Gasteiger partial charge in [0.2, 0.25) is 0 Å². The first-order chi connectivity index (χ1) is 9.61. The van der Waals surface area contributed by atoms with Crippen molar-refractivity contribution in [2.24, 2.45) is 0 Å². The van der Waals surface area contributed by atoms with E-state index < -0.39 is 0 Å². The van der Waals surface area contributed by atoms with E-state index in [1.165, 1.54) is 0 Å². The standard InChI is InChI=1S/C15H15BrCl2N2/c1-2-19-14(8-11-7-6-10(16)9-20-11)12-4-3-5-13(17)15(12)18/h3-7,9,14,19H,2,8H2,1H3. The molecule has 1 heterocycles. The van der Waals surface area contributed by atoms with Crippen LogP contribution in [0.15, 0.2) is 41.0 Å².